The van der Waals surface area contributed by atoms with Gasteiger partial charge >= 0.3 is 5.97 Å². The first-order valence-corrected chi connectivity index (χ1v) is 8.11. The molecule has 0 atom stereocenters. The molecule has 2 saturated carbocycles. The highest BCUT2D eigenvalue weighted by atomic mass is 79.9. The van der Waals surface area contributed by atoms with Crippen LogP contribution in [-0.4, -0.2) is 24.8 Å². The number of carboxylic acid groups (broad SMARTS) is 1. The van der Waals surface area contributed by atoms with Crippen LogP contribution in [0.5, 0.6) is 11.5 Å². The number of ether oxygens (including phenoxy) is 2. The summed E-state index contributed by atoms with van der Waals surface area (Å²) in [6, 6.07) is 3.67. The number of benzene rings is 1. The van der Waals surface area contributed by atoms with Crippen LogP contribution in [0.4, 0.5) is 0 Å². The summed E-state index contributed by atoms with van der Waals surface area (Å²) >= 11 is 3.51. The van der Waals surface area contributed by atoms with Crippen molar-refractivity contribution < 1.29 is 19.4 Å². The van der Waals surface area contributed by atoms with Gasteiger partial charge in [-0.15, -0.1) is 0 Å². The van der Waals surface area contributed by atoms with Gasteiger partial charge in [0.25, 0.3) is 0 Å². The molecule has 114 valence electrons. The van der Waals surface area contributed by atoms with E-state index in [0.717, 1.165) is 16.5 Å². The summed E-state index contributed by atoms with van der Waals surface area (Å²) < 4.78 is 12.2. The molecule has 0 saturated heterocycles. The first-order chi connectivity index (χ1) is 10.1. The summed E-state index contributed by atoms with van der Waals surface area (Å²) in [7, 11) is 1.59. The van der Waals surface area contributed by atoms with Gasteiger partial charge in [0.05, 0.1) is 19.1 Å². The molecule has 4 nitrogen and oxygen atoms in total. The SMILES string of the molecule is COc1ccc(Br)c(C2(C(=O)O)CCC2)c1OCC1CC1. The van der Waals surface area contributed by atoms with E-state index in [2.05, 4.69) is 15.9 Å². The van der Waals surface area contributed by atoms with Gasteiger partial charge in [0.2, 0.25) is 0 Å². The van der Waals surface area contributed by atoms with Crippen LogP contribution in [0.25, 0.3) is 0 Å². The zero-order valence-electron chi connectivity index (χ0n) is 12.0. The lowest BCUT2D eigenvalue weighted by Crippen LogP contribution is -2.43. The average molecular weight is 355 g/mol. The van der Waals surface area contributed by atoms with Crippen LogP contribution in [0.15, 0.2) is 16.6 Å². The number of rotatable bonds is 6. The van der Waals surface area contributed by atoms with Crippen molar-refractivity contribution in [2.45, 2.75) is 37.5 Å². The van der Waals surface area contributed by atoms with Crippen molar-refractivity contribution in [3.63, 3.8) is 0 Å². The fourth-order valence-corrected chi connectivity index (χ4v) is 3.57. The summed E-state index contributed by atoms with van der Waals surface area (Å²) in [5.74, 6) is 1.03. The molecular weight excluding hydrogens is 336 g/mol. The normalized spacial score (nSPS) is 19.7. The van der Waals surface area contributed by atoms with Crippen LogP contribution in [0, 0.1) is 5.92 Å². The molecule has 5 heteroatoms. The Labute approximate surface area is 132 Å². The van der Waals surface area contributed by atoms with Gasteiger partial charge in [-0.2, -0.15) is 0 Å². The average Bonchev–Trinajstić information content (AvgIpc) is 3.21. The standard InChI is InChI=1S/C16H19BrO4/c1-20-12-6-5-11(17)13(14(12)21-9-10-3-4-10)16(15(18)19)7-2-8-16/h5-6,10H,2-4,7-9H2,1H3,(H,18,19). The van der Waals surface area contributed by atoms with Crippen LogP contribution in [0.2, 0.25) is 0 Å². The van der Waals surface area contributed by atoms with Gasteiger partial charge in [-0.3, -0.25) is 4.79 Å². The summed E-state index contributed by atoms with van der Waals surface area (Å²) in [5.41, 5.74) is -0.104. The predicted octanol–water partition coefficient (Wildman–Crippen LogP) is 3.75. The molecule has 0 heterocycles. The van der Waals surface area contributed by atoms with Crippen molar-refractivity contribution in [1.82, 2.24) is 0 Å². The first kappa shape index (κ1) is 14.7. The van der Waals surface area contributed by atoms with E-state index in [1.165, 1.54) is 12.8 Å². The topological polar surface area (TPSA) is 55.8 Å². The second-order valence-electron chi connectivity index (χ2n) is 5.95. The maximum Gasteiger partial charge on any atom is 0.314 e. The molecule has 1 aromatic rings. The molecule has 0 radical (unpaired) electrons. The van der Waals surface area contributed by atoms with Crippen molar-refractivity contribution in [1.29, 1.82) is 0 Å². The number of carbonyl (C=O) groups is 1. The third kappa shape index (κ3) is 2.52. The molecule has 21 heavy (non-hydrogen) atoms. The largest absolute Gasteiger partial charge is 0.493 e. The molecule has 0 amide bonds. The number of methoxy groups -OCH3 is 1. The molecule has 2 aliphatic rings. The molecule has 1 aromatic carbocycles. The maximum absolute atomic E-state index is 11.8. The monoisotopic (exact) mass is 354 g/mol. The number of hydrogen-bond acceptors (Lipinski definition) is 3. The molecule has 1 N–H and O–H groups in total. The predicted molar refractivity (Wildman–Crippen MR) is 82.1 cm³/mol. The molecule has 0 aromatic heterocycles. The first-order valence-electron chi connectivity index (χ1n) is 7.31. The minimum Gasteiger partial charge on any atom is -0.493 e. The Morgan fingerprint density at radius 2 is 2.14 bits per heavy atom. The summed E-state index contributed by atoms with van der Waals surface area (Å²) in [6.07, 6.45) is 4.60. The second kappa shape index (κ2) is 5.52. The lowest BCUT2D eigenvalue weighted by molar-refractivity contribution is -0.147. The zero-order valence-corrected chi connectivity index (χ0v) is 13.6. The maximum atomic E-state index is 11.8. The van der Waals surface area contributed by atoms with E-state index in [1.807, 2.05) is 12.1 Å². The minimum atomic E-state index is -0.841. The van der Waals surface area contributed by atoms with Gasteiger partial charge in [0, 0.05) is 10.0 Å². The van der Waals surface area contributed by atoms with Crippen LogP contribution in [0.1, 0.15) is 37.7 Å². The highest BCUT2D eigenvalue weighted by molar-refractivity contribution is 9.10. The summed E-state index contributed by atoms with van der Waals surface area (Å²) in [6.45, 7) is 0.634. The van der Waals surface area contributed by atoms with Crippen LogP contribution >= 0.6 is 15.9 Å². The molecule has 2 aliphatic carbocycles. The van der Waals surface area contributed by atoms with Crippen molar-refractivity contribution >= 4 is 21.9 Å². The van der Waals surface area contributed by atoms with E-state index >= 15 is 0 Å². The molecule has 0 aliphatic heterocycles. The zero-order chi connectivity index (χ0) is 15.0. The van der Waals surface area contributed by atoms with Crippen molar-refractivity contribution in [2.75, 3.05) is 13.7 Å². The molecule has 2 fully saturated rings. The van der Waals surface area contributed by atoms with Gasteiger partial charge < -0.3 is 14.6 Å². The Morgan fingerprint density at radius 3 is 2.62 bits per heavy atom. The Morgan fingerprint density at radius 1 is 1.43 bits per heavy atom. The molecule has 0 unspecified atom stereocenters. The number of aliphatic carboxylic acids is 1. The van der Waals surface area contributed by atoms with E-state index in [1.54, 1.807) is 7.11 Å². The summed E-state index contributed by atoms with van der Waals surface area (Å²) in [5, 5.41) is 9.72. The lowest BCUT2D eigenvalue weighted by atomic mass is 9.64. The number of carboxylic acids is 1. The Hall–Kier alpha value is -1.23. The third-order valence-corrected chi connectivity index (χ3v) is 5.21. The molecule has 3 rings (SSSR count). The van der Waals surface area contributed by atoms with Crippen molar-refractivity contribution in [3.8, 4) is 11.5 Å². The quantitative estimate of drug-likeness (QED) is 0.844. The highest BCUT2D eigenvalue weighted by Crippen LogP contribution is 2.53. The fourth-order valence-electron chi connectivity index (χ4n) is 2.88. The van der Waals surface area contributed by atoms with Crippen LogP contribution < -0.4 is 9.47 Å². The minimum absolute atomic E-state index is 0.598. The van der Waals surface area contributed by atoms with Gasteiger partial charge in [-0.05, 0) is 43.7 Å². The molecule has 0 spiro atoms. The van der Waals surface area contributed by atoms with E-state index in [9.17, 15) is 9.90 Å². The Balaban J connectivity index is 2.05. The fraction of sp³-hybridized carbons (Fsp3) is 0.562. The summed E-state index contributed by atoms with van der Waals surface area (Å²) in [4.78, 5) is 11.8. The van der Waals surface area contributed by atoms with Crippen LogP contribution in [0.3, 0.4) is 0 Å². The number of hydrogen-bond donors (Lipinski definition) is 1. The molecule has 0 bridgehead atoms. The second-order valence-corrected chi connectivity index (χ2v) is 6.80. The van der Waals surface area contributed by atoms with E-state index in [0.29, 0.717) is 36.9 Å². The smallest absolute Gasteiger partial charge is 0.314 e. The Bertz CT molecular complexity index is 562. The van der Waals surface area contributed by atoms with Gasteiger partial charge in [0.15, 0.2) is 11.5 Å². The van der Waals surface area contributed by atoms with Gasteiger partial charge in [0.1, 0.15) is 0 Å². The van der Waals surface area contributed by atoms with Gasteiger partial charge in [-0.1, -0.05) is 22.4 Å². The van der Waals surface area contributed by atoms with Crippen LogP contribution in [-0.2, 0) is 10.2 Å². The van der Waals surface area contributed by atoms with Crippen molar-refractivity contribution in [2.24, 2.45) is 5.92 Å². The van der Waals surface area contributed by atoms with Gasteiger partial charge in [-0.25, -0.2) is 0 Å². The third-order valence-electron chi connectivity index (χ3n) is 4.55. The Kier molecular flexibility index (Phi) is 3.86. The highest BCUT2D eigenvalue weighted by Gasteiger charge is 2.49. The van der Waals surface area contributed by atoms with E-state index < -0.39 is 11.4 Å². The van der Waals surface area contributed by atoms with E-state index in [4.69, 9.17) is 9.47 Å². The van der Waals surface area contributed by atoms with Crippen molar-refractivity contribution in [3.05, 3.63) is 22.2 Å². The van der Waals surface area contributed by atoms with E-state index in [-0.39, 0.29) is 0 Å². The number of halogens is 1. The lowest BCUT2D eigenvalue weighted by Gasteiger charge is -2.39. The molecular formula is C16H19BrO4.